The van der Waals surface area contributed by atoms with Crippen molar-refractivity contribution in [2.45, 2.75) is 30.8 Å². The summed E-state index contributed by atoms with van der Waals surface area (Å²) < 4.78 is 48.2. The highest BCUT2D eigenvalue weighted by Crippen LogP contribution is 2.42. The molecule has 0 aliphatic carbocycles. The molecule has 10 heteroatoms. The van der Waals surface area contributed by atoms with Gasteiger partial charge in [0.15, 0.2) is 0 Å². The molecule has 1 heterocycles. The summed E-state index contributed by atoms with van der Waals surface area (Å²) in [5.41, 5.74) is -1.55. The molecule has 2 unspecified atom stereocenters. The number of aromatic nitrogens is 1. The molecule has 6 nitrogen and oxygen atoms in total. The summed E-state index contributed by atoms with van der Waals surface area (Å²) in [7, 11) is 0.815. The number of rotatable bonds is 9. The van der Waals surface area contributed by atoms with Crippen LogP contribution in [-0.4, -0.2) is 36.1 Å². The fourth-order valence-corrected chi connectivity index (χ4v) is 4.45. The van der Waals surface area contributed by atoms with Gasteiger partial charge < -0.3 is 20.4 Å². The maximum Gasteiger partial charge on any atom is 0.430 e. The number of nitrogens with one attached hydrogen (secondary N) is 3. The van der Waals surface area contributed by atoms with E-state index in [0.29, 0.717) is 10.6 Å². The zero-order valence-electron chi connectivity index (χ0n) is 20.3. The van der Waals surface area contributed by atoms with Crippen LogP contribution in [0.15, 0.2) is 85.1 Å². The largest absolute Gasteiger partial charge is 0.430 e. The van der Waals surface area contributed by atoms with Gasteiger partial charge in [0.1, 0.15) is 6.04 Å². The highest BCUT2D eigenvalue weighted by Gasteiger charge is 2.63. The number of aromatic amines is 1. The summed E-state index contributed by atoms with van der Waals surface area (Å²) in [5.74, 6) is -2.15. The number of hydrogen-bond donors (Lipinski definition) is 3. The molecule has 0 saturated carbocycles. The van der Waals surface area contributed by atoms with Crippen molar-refractivity contribution in [3.05, 3.63) is 107 Å². The van der Waals surface area contributed by atoms with E-state index in [1.54, 1.807) is 30.5 Å². The van der Waals surface area contributed by atoms with Crippen LogP contribution in [0.5, 0.6) is 0 Å². The second-order valence-corrected chi connectivity index (χ2v) is 9.12. The molecular weight excluding hydrogens is 519 g/mol. The standard InChI is InChI=1S/C28H25ClF3N3O3/c1-38-27(28(30,31)32,20-7-3-2-4-8-20)26(37)35-24(15-19-17-33-23-10-6-5-9-22(19)23)25(36)34-16-18-11-13-21(29)14-12-18/h2-14,17,24,33H,15-16H2,1H3,(H,34,36)(H,35,37). The van der Waals surface area contributed by atoms with Crippen LogP contribution in [0.1, 0.15) is 16.7 Å². The number of fused-ring (bicyclic) bond motifs is 1. The normalized spacial score (nSPS) is 14.0. The molecule has 0 aliphatic heterocycles. The van der Waals surface area contributed by atoms with Crippen LogP contribution >= 0.6 is 11.6 Å². The number of carbonyl (C=O) groups excluding carboxylic acids is 2. The molecule has 2 atom stereocenters. The van der Waals surface area contributed by atoms with Crippen LogP contribution in [0.3, 0.4) is 0 Å². The van der Waals surface area contributed by atoms with Crippen LogP contribution in [0.4, 0.5) is 13.2 Å². The molecule has 0 saturated heterocycles. The van der Waals surface area contributed by atoms with Gasteiger partial charge in [0.25, 0.3) is 11.5 Å². The fourth-order valence-electron chi connectivity index (χ4n) is 4.33. The van der Waals surface area contributed by atoms with Crippen molar-refractivity contribution >= 4 is 34.3 Å². The summed E-state index contributed by atoms with van der Waals surface area (Å²) in [4.78, 5) is 29.8. The van der Waals surface area contributed by atoms with E-state index in [-0.39, 0.29) is 13.0 Å². The van der Waals surface area contributed by atoms with Crippen LogP contribution in [0, 0.1) is 0 Å². The van der Waals surface area contributed by atoms with Crippen molar-refractivity contribution in [3.63, 3.8) is 0 Å². The Hall–Kier alpha value is -3.82. The Morgan fingerprint density at radius 1 is 0.974 bits per heavy atom. The zero-order valence-corrected chi connectivity index (χ0v) is 21.1. The molecule has 4 rings (SSSR count). The monoisotopic (exact) mass is 543 g/mol. The van der Waals surface area contributed by atoms with E-state index in [0.717, 1.165) is 35.7 Å². The van der Waals surface area contributed by atoms with Crippen molar-refractivity contribution in [1.29, 1.82) is 0 Å². The molecule has 0 spiro atoms. The molecule has 0 fully saturated rings. The van der Waals surface area contributed by atoms with Crippen LogP contribution in [-0.2, 0) is 32.9 Å². The first-order chi connectivity index (χ1) is 18.2. The molecule has 198 valence electrons. The van der Waals surface area contributed by atoms with E-state index in [1.807, 2.05) is 24.3 Å². The number of ether oxygens (including phenoxy) is 1. The minimum atomic E-state index is -5.11. The smallest absolute Gasteiger partial charge is 0.361 e. The Balaban J connectivity index is 1.66. The number of amides is 2. The summed E-state index contributed by atoms with van der Waals surface area (Å²) in [5, 5.41) is 6.34. The number of benzene rings is 3. The highest BCUT2D eigenvalue weighted by molar-refractivity contribution is 6.30. The van der Waals surface area contributed by atoms with Crippen molar-refractivity contribution in [3.8, 4) is 0 Å². The lowest BCUT2D eigenvalue weighted by molar-refractivity contribution is -0.266. The van der Waals surface area contributed by atoms with Crippen molar-refractivity contribution in [2.24, 2.45) is 0 Å². The second-order valence-electron chi connectivity index (χ2n) is 8.68. The average Bonchev–Trinajstić information content (AvgIpc) is 3.31. The molecule has 1 aromatic heterocycles. The van der Waals surface area contributed by atoms with Gasteiger partial charge in [-0.15, -0.1) is 0 Å². The number of para-hydroxylation sites is 1. The summed E-state index contributed by atoms with van der Waals surface area (Å²) in [6, 6.07) is 19.3. The number of H-pyrrole nitrogens is 1. The van der Waals surface area contributed by atoms with Gasteiger partial charge in [-0.2, -0.15) is 13.2 Å². The van der Waals surface area contributed by atoms with Gasteiger partial charge in [-0.05, 0) is 29.3 Å². The number of carbonyl (C=O) groups is 2. The number of hydrogen-bond acceptors (Lipinski definition) is 3. The van der Waals surface area contributed by atoms with Crippen molar-refractivity contribution in [1.82, 2.24) is 15.6 Å². The number of methoxy groups -OCH3 is 1. The van der Waals surface area contributed by atoms with E-state index in [9.17, 15) is 22.8 Å². The van der Waals surface area contributed by atoms with Gasteiger partial charge in [-0.1, -0.05) is 72.3 Å². The van der Waals surface area contributed by atoms with E-state index < -0.39 is 35.2 Å². The van der Waals surface area contributed by atoms with Crippen molar-refractivity contribution in [2.75, 3.05) is 7.11 Å². The second kappa shape index (κ2) is 11.3. The topological polar surface area (TPSA) is 83.2 Å². The zero-order chi connectivity index (χ0) is 27.3. The first-order valence-corrected chi connectivity index (χ1v) is 12.1. The first kappa shape index (κ1) is 27.2. The molecule has 3 aromatic carbocycles. The Bertz CT molecular complexity index is 1410. The SMILES string of the molecule is COC(C(=O)NC(Cc1c[nH]c2ccccc12)C(=O)NCc1ccc(Cl)cc1)(c1ccccc1)C(F)(F)F. The summed E-state index contributed by atoms with van der Waals surface area (Å²) >= 11 is 5.91. The minimum absolute atomic E-state index is 0.0609. The third-order valence-electron chi connectivity index (χ3n) is 6.31. The molecule has 0 aliphatic rings. The molecule has 3 N–H and O–H groups in total. The maximum absolute atomic E-state index is 14.4. The first-order valence-electron chi connectivity index (χ1n) is 11.7. The predicted molar refractivity (Wildman–Crippen MR) is 138 cm³/mol. The highest BCUT2D eigenvalue weighted by atomic mass is 35.5. The Labute approximate surface area is 222 Å². The molecule has 0 bridgehead atoms. The average molecular weight is 544 g/mol. The van der Waals surface area contributed by atoms with Crippen LogP contribution < -0.4 is 10.6 Å². The molecule has 0 radical (unpaired) electrons. The fraction of sp³-hybridized carbons (Fsp3) is 0.214. The molecule has 38 heavy (non-hydrogen) atoms. The van der Waals surface area contributed by atoms with E-state index >= 15 is 0 Å². The third-order valence-corrected chi connectivity index (χ3v) is 6.56. The lowest BCUT2D eigenvalue weighted by Gasteiger charge is -2.34. The lowest BCUT2D eigenvalue weighted by Crippen LogP contribution is -2.60. The summed E-state index contributed by atoms with van der Waals surface area (Å²) in [6.45, 7) is 0.0869. The molecule has 4 aromatic rings. The van der Waals surface area contributed by atoms with Crippen LogP contribution in [0.2, 0.25) is 5.02 Å². The van der Waals surface area contributed by atoms with E-state index in [1.165, 1.54) is 18.2 Å². The van der Waals surface area contributed by atoms with E-state index in [4.69, 9.17) is 16.3 Å². The van der Waals surface area contributed by atoms with Crippen LogP contribution in [0.25, 0.3) is 10.9 Å². The lowest BCUT2D eigenvalue weighted by atomic mass is 9.90. The Morgan fingerprint density at radius 3 is 2.29 bits per heavy atom. The van der Waals surface area contributed by atoms with Gasteiger partial charge in [-0.25, -0.2) is 0 Å². The maximum atomic E-state index is 14.4. The van der Waals surface area contributed by atoms with Gasteiger partial charge in [0.2, 0.25) is 5.91 Å². The van der Waals surface area contributed by atoms with Gasteiger partial charge in [0.05, 0.1) is 0 Å². The Morgan fingerprint density at radius 2 is 1.63 bits per heavy atom. The van der Waals surface area contributed by atoms with Crippen molar-refractivity contribution < 1.29 is 27.5 Å². The number of alkyl halides is 3. The van der Waals surface area contributed by atoms with E-state index in [2.05, 4.69) is 15.6 Å². The third kappa shape index (κ3) is 5.54. The molecular formula is C28H25ClF3N3O3. The molecule has 2 amide bonds. The number of halogens is 4. The Kier molecular flexibility index (Phi) is 8.08. The van der Waals surface area contributed by atoms with Gasteiger partial charge >= 0.3 is 6.18 Å². The summed E-state index contributed by atoms with van der Waals surface area (Å²) in [6.07, 6.45) is -3.51. The van der Waals surface area contributed by atoms with Gasteiger partial charge in [-0.3, -0.25) is 9.59 Å². The van der Waals surface area contributed by atoms with Gasteiger partial charge in [0, 0.05) is 47.8 Å². The quantitative estimate of drug-likeness (QED) is 0.269. The minimum Gasteiger partial charge on any atom is -0.361 e. The predicted octanol–water partition coefficient (Wildman–Crippen LogP) is 5.27.